The molecule has 2 heterocycles. The Bertz CT molecular complexity index is 677. The van der Waals surface area contributed by atoms with Crippen LogP contribution in [0, 0.1) is 5.82 Å². The van der Waals surface area contributed by atoms with Gasteiger partial charge in [0.1, 0.15) is 5.60 Å². The molecule has 1 aromatic heterocycles. The van der Waals surface area contributed by atoms with Crippen molar-refractivity contribution in [1.29, 1.82) is 0 Å². The molecule has 0 saturated carbocycles. The molecular weight excluding hydrogens is 283 g/mol. The summed E-state index contributed by atoms with van der Waals surface area (Å²) >= 11 is 0. The van der Waals surface area contributed by atoms with Crippen LogP contribution in [-0.4, -0.2) is 35.5 Å². The predicted octanol–water partition coefficient (Wildman–Crippen LogP) is 2.61. The Kier molecular flexibility index (Phi) is 3.90. The molecule has 1 aliphatic heterocycles. The minimum Gasteiger partial charge on any atom is -0.367 e. The van der Waals surface area contributed by atoms with Crippen molar-refractivity contribution >= 4 is 5.91 Å². The van der Waals surface area contributed by atoms with Gasteiger partial charge in [-0.3, -0.25) is 9.78 Å². The first-order valence-corrected chi connectivity index (χ1v) is 7.18. The van der Waals surface area contributed by atoms with E-state index in [9.17, 15) is 9.18 Å². The molecule has 1 atom stereocenters. The van der Waals surface area contributed by atoms with Crippen molar-refractivity contribution in [1.82, 2.24) is 9.88 Å². The lowest BCUT2D eigenvalue weighted by Gasteiger charge is -2.40. The summed E-state index contributed by atoms with van der Waals surface area (Å²) in [4.78, 5) is 17.9. The number of carbonyl (C=O) groups is 1. The molecule has 1 amide bonds. The van der Waals surface area contributed by atoms with Gasteiger partial charge in [-0.05, 0) is 18.6 Å². The number of nitrogens with zero attached hydrogens (tertiary/aromatic N) is 2. The number of carbonyl (C=O) groups excluding carboxylic acids is 1. The fourth-order valence-electron chi connectivity index (χ4n) is 2.73. The van der Waals surface area contributed by atoms with E-state index in [4.69, 9.17) is 4.74 Å². The van der Waals surface area contributed by atoms with Crippen LogP contribution in [0.3, 0.4) is 0 Å². The Morgan fingerprint density at radius 2 is 2.09 bits per heavy atom. The van der Waals surface area contributed by atoms with Gasteiger partial charge in [-0.2, -0.15) is 0 Å². The molecule has 1 aliphatic rings. The van der Waals surface area contributed by atoms with Crippen LogP contribution in [0.2, 0.25) is 0 Å². The largest absolute Gasteiger partial charge is 0.367 e. The maximum atomic E-state index is 13.8. The first-order chi connectivity index (χ1) is 10.6. The molecule has 1 aromatic carbocycles. The van der Waals surface area contributed by atoms with Crippen molar-refractivity contribution in [3.63, 3.8) is 0 Å². The van der Waals surface area contributed by atoms with E-state index >= 15 is 0 Å². The molecule has 0 bridgehead atoms. The lowest BCUT2D eigenvalue weighted by atomic mass is 9.93. The summed E-state index contributed by atoms with van der Waals surface area (Å²) in [5, 5.41) is 0. The van der Waals surface area contributed by atoms with Crippen molar-refractivity contribution in [3.05, 3.63) is 65.7 Å². The summed E-state index contributed by atoms with van der Waals surface area (Å²) < 4.78 is 19.7. The van der Waals surface area contributed by atoms with Crippen LogP contribution >= 0.6 is 0 Å². The topological polar surface area (TPSA) is 42.4 Å². The van der Waals surface area contributed by atoms with E-state index < -0.39 is 11.4 Å². The zero-order valence-electron chi connectivity index (χ0n) is 12.3. The van der Waals surface area contributed by atoms with Gasteiger partial charge in [-0.25, -0.2) is 4.39 Å². The van der Waals surface area contributed by atoms with Gasteiger partial charge in [0.25, 0.3) is 5.91 Å². The summed E-state index contributed by atoms with van der Waals surface area (Å²) in [5.74, 6) is -0.925. The summed E-state index contributed by atoms with van der Waals surface area (Å²) in [6.07, 6.45) is 2.48. The second kappa shape index (κ2) is 5.85. The van der Waals surface area contributed by atoms with Gasteiger partial charge >= 0.3 is 0 Å². The quantitative estimate of drug-likeness (QED) is 0.856. The van der Waals surface area contributed by atoms with Crippen LogP contribution in [0.5, 0.6) is 0 Å². The third-order valence-corrected chi connectivity index (χ3v) is 3.95. The highest BCUT2D eigenvalue weighted by molar-refractivity contribution is 5.94. The molecule has 1 fully saturated rings. The SMILES string of the molecule is CC1(c2ccccc2)CN(C(=O)c2ccncc2F)CCO1. The smallest absolute Gasteiger partial charge is 0.257 e. The first-order valence-electron chi connectivity index (χ1n) is 7.18. The molecule has 5 heteroatoms. The van der Waals surface area contributed by atoms with Gasteiger partial charge in [-0.1, -0.05) is 30.3 Å². The number of amides is 1. The van der Waals surface area contributed by atoms with E-state index in [-0.39, 0.29) is 11.5 Å². The number of ether oxygens (including phenoxy) is 1. The molecule has 1 saturated heterocycles. The summed E-state index contributed by atoms with van der Waals surface area (Å²) in [6.45, 7) is 3.20. The minimum absolute atomic E-state index is 0.0484. The molecule has 2 aromatic rings. The van der Waals surface area contributed by atoms with E-state index in [0.29, 0.717) is 19.7 Å². The molecular formula is C17H17FN2O2. The summed E-state index contributed by atoms with van der Waals surface area (Å²) in [7, 11) is 0. The van der Waals surface area contributed by atoms with Crippen molar-refractivity contribution in [2.45, 2.75) is 12.5 Å². The number of benzene rings is 1. The first kappa shape index (κ1) is 14.7. The molecule has 4 nitrogen and oxygen atoms in total. The van der Waals surface area contributed by atoms with Gasteiger partial charge < -0.3 is 9.64 Å². The Morgan fingerprint density at radius 1 is 1.32 bits per heavy atom. The second-order valence-electron chi connectivity index (χ2n) is 5.53. The van der Waals surface area contributed by atoms with E-state index in [1.165, 1.54) is 12.3 Å². The van der Waals surface area contributed by atoms with Crippen LogP contribution in [0.1, 0.15) is 22.8 Å². The van der Waals surface area contributed by atoms with Crippen molar-refractivity contribution < 1.29 is 13.9 Å². The summed E-state index contributed by atoms with van der Waals surface area (Å²) in [6, 6.07) is 11.2. The third kappa shape index (κ3) is 2.72. The Balaban J connectivity index is 1.85. The van der Waals surface area contributed by atoms with E-state index in [2.05, 4.69) is 4.98 Å². The number of aromatic nitrogens is 1. The monoisotopic (exact) mass is 300 g/mol. The van der Waals surface area contributed by atoms with Crippen molar-refractivity contribution in [2.75, 3.05) is 19.7 Å². The van der Waals surface area contributed by atoms with Gasteiger partial charge in [0.15, 0.2) is 5.82 Å². The Morgan fingerprint density at radius 3 is 2.82 bits per heavy atom. The van der Waals surface area contributed by atoms with Crippen LogP contribution < -0.4 is 0 Å². The average Bonchev–Trinajstić information content (AvgIpc) is 2.56. The Hall–Kier alpha value is -2.27. The second-order valence-corrected chi connectivity index (χ2v) is 5.53. The molecule has 1 unspecified atom stereocenters. The van der Waals surface area contributed by atoms with Crippen LogP contribution in [0.25, 0.3) is 0 Å². The molecule has 22 heavy (non-hydrogen) atoms. The fourth-order valence-corrected chi connectivity index (χ4v) is 2.73. The fraction of sp³-hybridized carbons (Fsp3) is 0.294. The average molecular weight is 300 g/mol. The van der Waals surface area contributed by atoms with Crippen molar-refractivity contribution in [2.24, 2.45) is 0 Å². The van der Waals surface area contributed by atoms with E-state index in [1.54, 1.807) is 4.90 Å². The van der Waals surface area contributed by atoms with Crippen LogP contribution in [0.4, 0.5) is 4.39 Å². The Labute approximate surface area is 128 Å². The number of hydrogen-bond donors (Lipinski definition) is 0. The highest BCUT2D eigenvalue weighted by Crippen LogP contribution is 2.30. The molecule has 0 N–H and O–H groups in total. The standard InChI is InChI=1S/C17H17FN2O2/c1-17(13-5-3-2-4-6-13)12-20(9-10-22-17)16(21)14-7-8-19-11-15(14)18/h2-8,11H,9-10,12H2,1H3. The zero-order chi connectivity index (χ0) is 15.6. The number of morpholine rings is 1. The predicted molar refractivity (Wildman–Crippen MR) is 79.8 cm³/mol. The van der Waals surface area contributed by atoms with E-state index in [1.807, 2.05) is 37.3 Å². The maximum absolute atomic E-state index is 13.8. The molecule has 0 radical (unpaired) electrons. The summed E-state index contributed by atoms with van der Waals surface area (Å²) in [5.41, 5.74) is 0.466. The maximum Gasteiger partial charge on any atom is 0.257 e. The van der Waals surface area contributed by atoms with Gasteiger partial charge in [0.2, 0.25) is 0 Å². The number of pyridine rings is 1. The number of rotatable bonds is 2. The van der Waals surface area contributed by atoms with Gasteiger partial charge in [0.05, 0.1) is 24.9 Å². The normalized spacial score (nSPS) is 21.6. The highest BCUT2D eigenvalue weighted by atomic mass is 19.1. The highest BCUT2D eigenvalue weighted by Gasteiger charge is 2.36. The number of hydrogen-bond acceptors (Lipinski definition) is 3. The lowest BCUT2D eigenvalue weighted by Crippen LogP contribution is -2.50. The molecule has 0 aliphatic carbocycles. The molecule has 3 rings (SSSR count). The molecule has 114 valence electrons. The lowest BCUT2D eigenvalue weighted by molar-refractivity contribution is -0.0931. The third-order valence-electron chi connectivity index (χ3n) is 3.95. The minimum atomic E-state index is -0.597. The molecule has 0 spiro atoms. The van der Waals surface area contributed by atoms with Gasteiger partial charge in [-0.15, -0.1) is 0 Å². The zero-order valence-corrected chi connectivity index (χ0v) is 12.3. The van der Waals surface area contributed by atoms with Crippen molar-refractivity contribution in [3.8, 4) is 0 Å². The van der Waals surface area contributed by atoms with Crippen LogP contribution in [-0.2, 0) is 10.3 Å². The van der Waals surface area contributed by atoms with Crippen LogP contribution in [0.15, 0.2) is 48.8 Å². The van der Waals surface area contributed by atoms with Gasteiger partial charge in [0, 0.05) is 12.7 Å². The number of halogens is 1. The van der Waals surface area contributed by atoms with E-state index in [0.717, 1.165) is 11.8 Å².